The molecule has 0 radical (unpaired) electrons. The molecular formula is C17H25BrN2O2. The SMILES string of the molecule is CC(C)(C)OC(=O)N1CCC(CNCc2ccc(Br)cc2)C1. The van der Waals surface area contributed by atoms with Crippen LogP contribution in [0.1, 0.15) is 32.8 Å². The van der Waals surface area contributed by atoms with E-state index in [0.29, 0.717) is 5.92 Å². The van der Waals surface area contributed by atoms with Gasteiger partial charge in [-0.3, -0.25) is 0 Å². The number of likely N-dealkylation sites (tertiary alicyclic amines) is 1. The van der Waals surface area contributed by atoms with Crippen LogP contribution >= 0.6 is 15.9 Å². The van der Waals surface area contributed by atoms with Crippen molar-refractivity contribution in [2.24, 2.45) is 5.92 Å². The van der Waals surface area contributed by atoms with Crippen LogP contribution in [-0.4, -0.2) is 36.2 Å². The summed E-state index contributed by atoms with van der Waals surface area (Å²) in [5.74, 6) is 0.503. The molecule has 0 bridgehead atoms. The van der Waals surface area contributed by atoms with Crippen molar-refractivity contribution in [2.75, 3.05) is 19.6 Å². The highest BCUT2D eigenvalue weighted by Crippen LogP contribution is 2.19. The smallest absolute Gasteiger partial charge is 0.410 e. The lowest BCUT2D eigenvalue weighted by Crippen LogP contribution is -2.36. The number of hydrogen-bond donors (Lipinski definition) is 1. The first kappa shape index (κ1) is 17.3. The summed E-state index contributed by atoms with van der Waals surface area (Å²) in [4.78, 5) is 13.8. The first-order chi connectivity index (χ1) is 10.3. The Hall–Kier alpha value is -1.07. The van der Waals surface area contributed by atoms with Crippen LogP contribution in [0.25, 0.3) is 0 Å². The molecule has 1 N–H and O–H groups in total. The Morgan fingerprint density at radius 3 is 2.68 bits per heavy atom. The fraction of sp³-hybridized carbons (Fsp3) is 0.588. The van der Waals surface area contributed by atoms with E-state index in [0.717, 1.165) is 37.1 Å². The van der Waals surface area contributed by atoms with E-state index in [-0.39, 0.29) is 6.09 Å². The summed E-state index contributed by atoms with van der Waals surface area (Å²) in [6.07, 6.45) is 0.843. The lowest BCUT2D eigenvalue weighted by molar-refractivity contribution is 0.0288. The number of halogens is 1. The highest BCUT2D eigenvalue weighted by Gasteiger charge is 2.29. The minimum Gasteiger partial charge on any atom is -0.444 e. The van der Waals surface area contributed by atoms with Gasteiger partial charge in [0.15, 0.2) is 0 Å². The monoisotopic (exact) mass is 368 g/mol. The van der Waals surface area contributed by atoms with Crippen LogP contribution in [0.2, 0.25) is 0 Å². The average molecular weight is 369 g/mol. The zero-order valence-electron chi connectivity index (χ0n) is 13.6. The van der Waals surface area contributed by atoms with Crippen LogP contribution in [0.5, 0.6) is 0 Å². The predicted octanol–water partition coefficient (Wildman–Crippen LogP) is 3.80. The molecule has 22 heavy (non-hydrogen) atoms. The first-order valence-electron chi connectivity index (χ1n) is 7.76. The molecule has 1 atom stereocenters. The lowest BCUT2D eigenvalue weighted by atomic mass is 10.1. The van der Waals surface area contributed by atoms with Gasteiger partial charge in [0.1, 0.15) is 5.60 Å². The van der Waals surface area contributed by atoms with Gasteiger partial charge in [-0.15, -0.1) is 0 Å². The van der Waals surface area contributed by atoms with Crippen LogP contribution in [-0.2, 0) is 11.3 Å². The van der Waals surface area contributed by atoms with Crippen LogP contribution in [0.4, 0.5) is 4.79 Å². The lowest BCUT2D eigenvalue weighted by Gasteiger charge is -2.24. The third-order valence-corrected chi connectivity index (χ3v) is 4.14. The number of hydrogen-bond acceptors (Lipinski definition) is 3. The van der Waals surface area contributed by atoms with Crippen molar-refractivity contribution >= 4 is 22.0 Å². The van der Waals surface area contributed by atoms with Gasteiger partial charge in [0, 0.05) is 30.7 Å². The Morgan fingerprint density at radius 1 is 1.36 bits per heavy atom. The molecule has 2 rings (SSSR count). The standard InChI is InChI=1S/C17H25BrN2O2/c1-17(2,3)22-16(21)20-9-8-14(12-20)11-19-10-13-4-6-15(18)7-5-13/h4-7,14,19H,8-12H2,1-3H3. The summed E-state index contributed by atoms with van der Waals surface area (Å²) in [5, 5.41) is 3.48. The van der Waals surface area contributed by atoms with Crippen LogP contribution in [0.15, 0.2) is 28.7 Å². The van der Waals surface area contributed by atoms with E-state index in [1.54, 1.807) is 0 Å². The van der Waals surface area contributed by atoms with Gasteiger partial charge in [0.05, 0.1) is 0 Å². The van der Waals surface area contributed by atoms with Crippen LogP contribution in [0.3, 0.4) is 0 Å². The van der Waals surface area contributed by atoms with Gasteiger partial charge < -0.3 is 15.0 Å². The molecule has 1 aliphatic rings. The number of nitrogens with one attached hydrogen (secondary N) is 1. The summed E-state index contributed by atoms with van der Waals surface area (Å²) >= 11 is 3.44. The first-order valence-corrected chi connectivity index (χ1v) is 8.56. The number of carbonyl (C=O) groups excluding carboxylic acids is 1. The normalized spacial score (nSPS) is 18.5. The third kappa shape index (κ3) is 5.61. The zero-order chi connectivity index (χ0) is 16.2. The second-order valence-corrected chi connectivity index (χ2v) is 7.75. The Balaban J connectivity index is 1.70. The molecule has 1 unspecified atom stereocenters. The zero-order valence-corrected chi connectivity index (χ0v) is 15.1. The van der Waals surface area contributed by atoms with Gasteiger partial charge in [0.2, 0.25) is 0 Å². The van der Waals surface area contributed by atoms with Gasteiger partial charge in [0.25, 0.3) is 0 Å². The summed E-state index contributed by atoms with van der Waals surface area (Å²) in [6.45, 7) is 9.06. The van der Waals surface area contributed by atoms with Gasteiger partial charge in [-0.05, 0) is 50.8 Å². The molecule has 0 spiro atoms. The topological polar surface area (TPSA) is 41.6 Å². The summed E-state index contributed by atoms with van der Waals surface area (Å²) in [6, 6.07) is 8.32. The second-order valence-electron chi connectivity index (χ2n) is 6.84. The Morgan fingerprint density at radius 2 is 2.05 bits per heavy atom. The molecule has 122 valence electrons. The Kier molecular flexibility index (Phi) is 5.87. The van der Waals surface area contributed by atoms with E-state index in [4.69, 9.17) is 4.74 Å². The van der Waals surface area contributed by atoms with Crippen LogP contribution < -0.4 is 5.32 Å². The van der Waals surface area contributed by atoms with Crippen molar-refractivity contribution in [3.8, 4) is 0 Å². The quantitative estimate of drug-likeness (QED) is 0.878. The van der Waals surface area contributed by atoms with Crippen LogP contribution in [0, 0.1) is 5.92 Å². The molecule has 1 saturated heterocycles. The molecule has 1 aromatic carbocycles. The van der Waals surface area contributed by atoms with Gasteiger partial charge in [-0.2, -0.15) is 0 Å². The number of amides is 1. The maximum atomic E-state index is 12.0. The third-order valence-electron chi connectivity index (χ3n) is 3.61. The van der Waals surface area contributed by atoms with Crippen molar-refractivity contribution in [1.82, 2.24) is 10.2 Å². The maximum Gasteiger partial charge on any atom is 0.410 e. The van der Waals surface area contributed by atoms with Crippen molar-refractivity contribution in [1.29, 1.82) is 0 Å². The fourth-order valence-corrected chi connectivity index (χ4v) is 2.78. The molecule has 1 amide bonds. The molecule has 5 heteroatoms. The largest absolute Gasteiger partial charge is 0.444 e. The van der Waals surface area contributed by atoms with E-state index >= 15 is 0 Å². The van der Waals surface area contributed by atoms with E-state index in [2.05, 4.69) is 45.5 Å². The summed E-state index contributed by atoms with van der Waals surface area (Å²) in [7, 11) is 0. The fourth-order valence-electron chi connectivity index (χ4n) is 2.51. The number of nitrogens with zero attached hydrogens (tertiary/aromatic N) is 1. The number of ether oxygens (including phenoxy) is 1. The van der Waals surface area contributed by atoms with Gasteiger partial charge in [-0.25, -0.2) is 4.79 Å². The molecule has 4 nitrogen and oxygen atoms in total. The highest BCUT2D eigenvalue weighted by atomic mass is 79.9. The summed E-state index contributed by atoms with van der Waals surface area (Å²) in [5.41, 5.74) is 0.847. The molecule has 1 aromatic rings. The molecule has 1 aliphatic heterocycles. The van der Waals surface area contributed by atoms with E-state index in [1.807, 2.05) is 25.7 Å². The van der Waals surface area contributed by atoms with Gasteiger partial charge >= 0.3 is 6.09 Å². The summed E-state index contributed by atoms with van der Waals surface area (Å²) < 4.78 is 6.51. The van der Waals surface area contributed by atoms with E-state index in [1.165, 1.54) is 5.56 Å². The minimum atomic E-state index is -0.422. The van der Waals surface area contributed by atoms with Gasteiger partial charge in [-0.1, -0.05) is 28.1 Å². The molecule has 1 fully saturated rings. The highest BCUT2D eigenvalue weighted by molar-refractivity contribution is 9.10. The Labute approximate surface area is 141 Å². The van der Waals surface area contributed by atoms with E-state index < -0.39 is 5.60 Å². The molecule has 0 aliphatic carbocycles. The minimum absolute atomic E-state index is 0.192. The molecule has 0 saturated carbocycles. The molecule has 1 heterocycles. The van der Waals surface area contributed by atoms with Crippen molar-refractivity contribution in [2.45, 2.75) is 39.3 Å². The molecular weight excluding hydrogens is 344 g/mol. The average Bonchev–Trinajstić information content (AvgIpc) is 2.88. The molecule has 0 aromatic heterocycles. The maximum absolute atomic E-state index is 12.0. The van der Waals surface area contributed by atoms with Crippen molar-refractivity contribution in [3.63, 3.8) is 0 Å². The number of benzene rings is 1. The second kappa shape index (κ2) is 7.47. The van der Waals surface area contributed by atoms with E-state index in [9.17, 15) is 4.79 Å². The predicted molar refractivity (Wildman–Crippen MR) is 91.8 cm³/mol. The Bertz CT molecular complexity index is 496. The van der Waals surface area contributed by atoms with Crippen molar-refractivity contribution in [3.05, 3.63) is 34.3 Å². The van der Waals surface area contributed by atoms with Crippen molar-refractivity contribution < 1.29 is 9.53 Å². The number of carbonyl (C=O) groups is 1. The number of rotatable bonds is 4.